The number of hydrogen-bond donors (Lipinski definition) is 1. The summed E-state index contributed by atoms with van der Waals surface area (Å²) in [4.78, 5) is 16.7. The molecule has 1 N–H and O–H groups in total. The van der Waals surface area contributed by atoms with Gasteiger partial charge in [-0.05, 0) is 47.9 Å². The van der Waals surface area contributed by atoms with Gasteiger partial charge in [0.2, 0.25) is 0 Å². The van der Waals surface area contributed by atoms with Crippen LogP contribution in [0.25, 0.3) is 6.08 Å². The van der Waals surface area contributed by atoms with Crippen LogP contribution >= 0.6 is 0 Å². The highest BCUT2D eigenvalue weighted by Gasteiger charge is 2.20. The van der Waals surface area contributed by atoms with E-state index in [-0.39, 0.29) is 5.91 Å². The molecule has 144 valence electrons. The number of rotatable bonds is 5. The number of nitrogens with zero attached hydrogens (tertiary/aromatic N) is 1. The quantitative estimate of drug-likeness (QED) is 0.810. The van der Waals surface area contributed by atoms with Gasteiger partial charge in [-0.15, -0.1) is 0 Å². The Balaban J connectivity index is 1.45. The molecule has 0 spiro atoms. The molecule has 0 radical (unpaired) electrons. The third kappa shape index (κ3) is 4.17. The molecule has 0 unspecified atom stereocenters. The number of ether oxygens (including phenoxy) is 3. The molecule has 4 rings (SSSR count). The summed E-state index contributed by atoms with van der Waals surface area (Å²) in [5.74, 6) is 2.77. The molecule has 0 aliphatic carbocycles. The first-order chi connectivity index (χ1) is 13.7. The Morgan fingerprint density at radius 2 is 1.86 bits per heavy atom. The lowest BCUT2D eigenvalue weighted by Crippen LogP contribution is -2.24. The Bertz CT molecular complexity index is 932. The van der Waals surface area contributed by atoms with E-state index in [1.807, 2.05) is 42.5 Å². The lowest BCUT2D eigenvalue weighted by Gasteiger charge is -2.07. The first-order valence-corrected chi connectivity index (χ1v) is 9.34. The molecule has 2 heterocycles. The maximum Gasteiger partial charge on any atom is 0.275 e. The van der Waals surface area contributed by atoms with Crippen LogP contribution in [0.5, 0.6) is 17.2 Å². The average molecular weight is 378 g/mol. The Hall–Kier alpha value is -3.28. The third-order valence-electron chi connectivity index (χ3n) is 4.63. The van der Waals surface area contributed by atoms with E-state index in [0.717, 1.165) is 35.5 Å². The molecule has 6 nitrogen and oxygen atoms in total. The normalized spacial score (nSPS) is 17.1. The zero-order chi connectivity index (χ0) is 19.3. The number of amides is 1. The van der Waals surface area contributed by atoms with E-state index in [1.165, 1.54) is 0 Å². The van der Waals surface area contributed by atoms with Crippen molar-refractivity contribution in [1.82, 2.24) is 5.32 Å². The first-order valence-electron chi connectivity index (χ1n) is 9.34. The number of amidine groups is 1. The number of methoxy groups -OCH3 is 1. The second kappa shape index (κ2) is 8.17. The fraction of sp³-hybridized carbons (Fsp3) is 0.273. The van der Waals surface area contributed by atoms with Crippen molar-refractivity contribution in [2.45, 2.75) is 19.3 Å². The van der Waals surface area contributed by atoms with E-state index >= 15 is 0 Å². The standard InChI is InChI=1S/C22H22N2O4/c1-26-17-7-3-15(4-8-17)6-10-21-23-18(22(25)24-21)13-16-5-9-19-20(14-16)28-12-2-11-27-19/h3-5,7-9,13-14H,2,6,10-12H2,1H3,(H,23,24,25)/b18-13+. The van der Waals surface area contributed by atoms with Crippen LogP contribution in [0.2, 0.25) is 0 Å². The van der Waals surface area contributed by atoms with Crippen molar-refractivity contribution in [1.29, 1.82) is 0 Å². The zero-order valence-electron chi connectivity index (χ0n) is 15.7. The molecule has 0 atom stereocenters. The number of aryl methyl sites for hydroxylation is 1. The van der Waals surface area contributed by atoms with E-state index in [9.17, 15) is 4.79 Å². The fourth-order valence-electron chi connectivity index (χ4n) is 3.12. The number of hydrogen-bond acceptors (Lipinski definition) is 5. The van der Waals surface area contributed by atoms with Crippen LogP contribution in [0.15, 0.2) is 53.2 Å². The monoisotopic (exact) mass is 378 g/mol. The Kier molecular flexibility index (Phi) is 5.28. The molecule has 0 bridgehead atoms. The van der Waals surface area contributed by atoms with Crippen LogP contribution in [-0.2, 0) is 11.2 Å². The molecular weight excluding hydrogens is 356 g/mol. The maximum absolute atomic E-state index is 12.3. The smallest absolute Gasteiger partial charge is 0.275 e. The van der Waals surface area contributed by atoms with E-state index < -0.39 is 0 Å². The summed E-state index contributed by atoms with van der Waals surface area (Å²) in [6, 6.07) is 13.5. The minimum Gasteiger partial charge on any atom is -0.497 e. The van der Waals surface area contributed by atoms with E-state index in [1.54, 1.807) is 13.2 Å². The van der Waals surface area contributed by atoms with Gasteiger partial charge in [-0.1, -0.05) is 18.2 Å². The van der Waals surface area contributed by atoms with Gasteiger partial charge in [-0.2, -0.15) is 0 Å². The van der Waals surface area contributed by atoms with Crippen molar-refractivity contribution in [2.24, 2.45) is 4.99 Å². The van der Waals surface area contributed by atoms with E-state index in [0.29, 0.717) is 36.9 Å². The molecule has 0 saturated carbocycles. The largest absolute Gasteiger partial charge is 0.497 e. The molecule has 0 fully saturated rings. The molecule has 6 heteroatoms. The highest BCUT2D eigenvalue weighted by molar-refractivity contribution is 6.14. The summed E-state index contributed by atoms with van der Waals surface area (Å²) >= 11 is 0. The highest BCUT2D eigenvalue weighted by Crippen LogP contribution is 2.31. The SMILES string of the molecule is COc1ccc(CCC2=N/C(=C/c3ccc4c(c3)OCCCO4)C(=O)N2)cc1. The summed E-state index contributed by atoms with van der Waals surface area (Å²) in [7, 11) is 1.65. The minimum atomic E-state index is -0.183. The van der Waals surface area contributed by atoms with Crippen LogP contribution in [0.1, 0.15) is 24.0 Å². The van der Waals surface area contributed by atoms with Crippen LogP contribution in [0.3, 0.4) is 0 Å². The minimum absolute atomic E-state index is 0.183. The van der Waals surface area contributed by atoms with E-state index in [2.05, 4.69) is 10.3 Å². The molecule has 0 aromatic heterocycles. The molecule has 2 aliphatic rings. The van der Waals surface area contributed by atoms with Crippen LogP contribution < -0.4 is 19.5 Å². The zero-order valence-corrected chi connectivity index (χ0v) is 15.7. The topological polar surface area (TPSA) is 69.1 Å². The summed E-state index contributed by atoms with van der Waals surface area (Å²) in [5.41, 5.74) is 2.42. The number of fused-ring (bicyclic) bond motifs is 1. The Morgan fingerprint density at radius 3 is 2.64 bits per heavy atom. The van der Waals surface area contributed by atoms with Gasteiger partial charge >= 0.3 is 0 Å². The van der Waals surface area contributed by atoms with Crippen LogP contribution in [0, 0.1) is 0 Å². The van der Waals surface area contributed by atoms with Gasteiger partial charge in [0.05, 0.1) is 20.3 Å². The molecule has 2 aromatic carbocycles. The summed E-state index contributed by atoms with van der Waals surface area (Å²) < 4.78 is 16.5. The van der Waals surface area contributed by atoms with Crippen molar-refractivity contribution in [3.63, 3.8) is 0 Å². The van der Waals surface area contributed by atoms with Crippen molar-refractivity contribution in [2.75, 3.05) is 20.3 Å². The highest BCUT2D eigenvalue weighted by atomic mass is 16.5. The molecular formula is C22H22N2O4. The van der Waals surface area contributed by atoms with Gasteiger partial charge in [-0.3, -0.25) is 4.79 Å². The number of aliphatic imine (C=N–C) groups is 1. The number of carbonyl (C=O) groups excluding carboxylic acids is 1. The maximum atomic E-state index is 12.3. The summed E-state index contributed by atoms with van der Waals surface area (Å²) in [6.45, 7) is 1.28. The Morgan fingerprint density at radius 1 is 1.07 bits per heavy atom. The van der Waals surface area contributed by atoms with Crippen molar-refractivity contribution in [3.05, 3.63) is 59.3 Å². The van der Waals surface area contributed by atoms with Gasteiger partial charge in [0.15, 0.2) is 11.5 Å². The summed E-state index contributed by atoms with van der Waals surface area (Å²) in [5, 5.41) is 2.85. The molecule has 2 aromatic rings. The molecule has 0 saturated heterocycles. The number of carbonyl (C=O) groups is 1. The molecule has 2 aliphatic heterocycles. The first kappa shape index (κ1) is 18.1. The van der Waals surface area contributed by atoms with Gasteiger partial charge in [0.1, 0.15) is 17.3 Å². The third-order valence-corrected chi connectivity index (χ3v) is 4.63. The van der Waals surface area contributed by atoms with Crippen molar-refractivity contribution >= 4 is 17.8 Å². The van der Waals surface area contributed by atoms with E-state index in [4.69, 9.17) is 14.2 Å². The van der Waals surface area contributed by atoms with Crippen molar-refractivity contribution < 1.29 is 19.0 Å². The second-order valence-corrected chi connectivity index (χ2v) is 6.65. The number of nitrogens with one attached hydrogen (secondary N) is 1. The predicted octanol–water partition coefficient (Wildman–Crippen LogP) is 3.36. The summed E-state index contributed by atoms with van der Waals surface area (Å²) in [6.07, 6.45) is 4.08. The van der Waals surface area contributed by atoms with Crippen molar-refractivity contribution in [3.8, 4) is 17.2 Å². The lowest BCUT2D eigenvalue weighted by molar-refractivity contribution is -0.115. The Labute approximate surface area is 163 Å². The van der Waals surface area contributed by atoms with Gasteiger partial charge in [-0.25, -0.2) is 4.99 Å². The lowest BCUT2D eigenvalue weighted by atomic mass is 10.1. The van der Waals surface area contributed by atoms with Gasteiger partial charge < -0.3 is 19.5 Å². The second-order valence-electron chi connectivity index (χ2n) is 6.65. The average Bonchev–Trinajstić information content (AvgIpc) is 2.91. The molecule has 1 amide bonds. The number of benzene rings is 2. The van der Waals surface area contributed by atoms with Gasteiger partial charge in [0.25, 0.3) is 5.91 Å². The van der Waals surface area contributed by atoms with Crippen LogP contribution in [-0.4, -0.2) is 32.1 Å². The predicted molar refractivity (Wildman–Crippen MR) is 107 cm³/mol. The fourth-order valence-corrected chi connectivity index (χ4v) is 3.12. The van der Waals surface area contributed by atoms with Crippen LogP contribution in [0.4, 0.5) is 0 Å². The molecule has 28 heavy (non-hydrogen) atoms. The van der Waals surface area contributed by atoms with Gasteiger partial charge in [0, 0.05) is 12.8 Å².